The number of aromatic nitrogens is 4. The average Bonchev–Trinajstić information content (AvgIpc) is 3.06. The molecule has 1 amide bonds. The zero-order valence-electron chi connectivity index (χ0n) is 16.3. The number of pyridine rings is 1. The van der Waals surface area contributed by atoms with Gasteiger partial charge in [0.25, 0.3) is 5.91 Å². The highest BCUT2D eigenvalue weighted by molar-refractivity contribution is 5.92. The second-order valence-corrected chi connectivity index (χ2v) is 7.30. The Bertz CT molecular complexity index is 960. The molecule has 3 aromatic rings. The van der Waals surface area contributed by atoms with Crippen LogP contribution in [0.25, 0.3) is 11.1 Å². The summed E-state index contributed by atoms with van der Waals surface area (Å²) in [6.45, 7) is 7.07. The van der Waals surface area contributed by atoms with E-state index in [1.54, 1.807) is 12.4 Å². The molecule has 1 aliphatic rings. The number of carbonyl (C=O) groups excluding carboxylic acids is 1. The summed E-state index contributed by atoms with van der Waals surface area (Å²) in [5.41, 5.74) is 5.06. The lowest BCUT2D eigenvalue weighted by molar-refractivity contribution is 0.0699. The van der Waals surface area contributed by atoms with Crippen LogP contribution >= 0.6 is 0 Å². The van der Waals surface area contributed by atoms with Gasteiger partial charge in [-0.05, 0) is 39.7 Å². The molecule has 7 nitrogen and oxygen atoms in total. The number of amides is 1. The molecule has 0 bridgehead atoms. The molecule has 28 heavy (non-hydrogen) atoms. The predicted molar refractivity (Wildman–Crippen MR) is 104 cm³/mol. The predicted octanol–water partition coefficient (Wildman–Crippen LogP) is 3.47. The van der Waals surface area contributed by atoms with Crippen molar-refractivity contribution in [3.05, 3.63) is 59.3 Å². The highest BCUT2D eigenvalue weighted by Gasteiger charge is 2.27. The summed E-state index contributed by atoms with van der Waals surface area (Å²) >= 11 is 0. The molecule has 1 fully saturated rings. The molecule has 1 saturated heterocycles. The normalized spacial score (nSPS) is 17.0. The van der Waals surface area contributed by atoms with Crippen molar-refractivity contribution < 1.29 is 9.32 Å². The average molecular weight is 377 g/mol. The van der Waals surface area contributed by atoms with Crippen LogP contribution in [-0.2, 0) is 0 Å². The van der Waals surface area contributed by atoms with Crippen LogP contribution in [0.3, 0.4) is 0 Å². The maximum Gasteiger partial charge on any atom is 0.274 e. The van der Waals surface area contributed by atoms with E-state index >= 15 is 0 Å². The molecule has 4 heterocycles. The van der Waals surface area contributed by atoms with Crippen molar-refractivity contribution in [3.63, 3.8) is 0 Å². The first kappa shape index (κ1) is 18.3. The van der Waals surface area contributed by atoms with E-state index in [0.29, 0.717) is 12.2 Å². The highest BCUT2D eigenvalue weighted by atomic mass is 16.5. The van der Waals surface area contributed by atoms with Gasteiger partial charge in [-0.25, -0.2) is 4.98 Å². The number of piperidine rings is 1. The SMILES string of the molecule is Cc1cnc(C(=O)N2CCC[C@@H](c3ccc(-c4c(C)noc4C)cn3)C2)cn1. The minimum atomic E-state index is -0.0652. The van der Waals surface area contributed by atoms with Crippen molar-refractivity contribution in [2.75, 3.05) is 13.1 Å². The number of aryl methyl sites for hydroxylation is 3. The summed E-state index contributed by atoms with van der Waals surface area (Å²) in [6, 6.07) is 4.10. The standard InChI is InChI=1S/C21H23N5O2/c1-13-9-23-19(11-22-13)21(27)26-8-4-5-17(12-26)18-7-6-16(10-24-18)20-14(2)25-28-15(20)3/h6-7,9-11,17H,4-5,8,12H2,1-3H3/t17-/m1/s1. The summed E-state index contributed by atoms with van der Waals surface area (Å²) in [5, 5.41) is 4.01. The fraction of sp³-hybridized carbons (Fsp3) is 0.381. The van der Waals surface area contributed by atoms with Gasteiger partial charge in [0.05, 0.1) is 17.6 Å². The molecule has 1 aliphatic heterocycles. The molecule has 0 unspecified atom stereocenters. The van der Waals surface area contributed by atoms with Crippen molar-refractivity contribution in [3.8, 4) is 11.1 Å². The molecule has 0 saturated carbocycles. The van der Waals surface area contributed by atoms with Gasteiger partial charge in [-0.1, -0.05) is 11.2 Å². The van der Waals surface area contributed by atoms with E-state index in [1.165, 1.54) is 0 Å². The van der Waals surface area contributed by atoms with E-state index in [9.17, 15) is 4.79 Å². The lowest BCUT2D eigenvalue weighted by Crippen LogP contribution is -2.39. The van der Waals surface area contributed by atoms with Gasteiger partial charge >= 0.3 is 0 Å². The lowest BCUT2D eigenvalue weighted by Gasteiger charge is -2.32. The van der Waals surface area contributed by atoms with Crippen molar-refractivity contribution in [1.29, 1.82) is 0 Å². The maximum atomic E-state index is 12.8. The molecular formula is C21H23N5O2. The van der Waals surface area contributed by atoms with Crippen molar-refractivity contribution >= 4 is 5.91 Å². The van der Waals surface area contributed by atoms with Gasteiger partial charge in [0.15, 0.2) is 0 Å². The summed E-state index contributed by atoms with van der Waals surface area (Å²) in [5.74, 6) is 0.945. The first-order valence-electron chi connectivity index (χ1n) is 9.50. The van der Waals surface area contributed by atoms with Crippen molar-refractivity contribution in [2.24, 2.45) is 0 Å². The lowest BCUT2D eigenvalue weighted by atomic mass is 9.93. The van der Waals surface area contributed by atoms with E-state index in [1.807, 2.05) is 37.9 Å². The number of likely N-dealkylation sites (tertiary alicyclic amines) is 1. The second kappa shape index (κ2) is 7.50. The molecule has 0 spiro atoms. The van der Waals surface area contributed by atoms with Gasteiger partial charge in [0.2, 0.25) is 0 Å². The van der Waals surface area contributed by atoms with Crippen LogP contribution in [-0.4, -0.2) is 44.0 Å². The number of hydrogen-bond donors (Lipinski definition) is 0. The topological polar surface area (TPSA) is 85.0 Å². The Labute approximate surface area is 163 Å². The first-order chi connectivity index (χ1) is 13.5. The largest absolute Gasteiger partial charge is 0.361 e. The third-order valence-corrected chi connectivity index (χ3v) is 5.24. The zero-order valence-corrected chi connectivity index (χ0v) is 16.3. The molecule has 0 radical (unpaired) electrons. The van der Waals surface area contributed by atoms with Gasteiger partial charge in [-0.2, -0.15) is 0 Å². The Morgan fingerprint density at radius 2 is 1.96 bits per heavy atom. The van der Waals surface area contributed by atoms with Gasteiger partial charge in [-0.3, -0.25) is 14.8 Å². The number of hydrogen-bond acceptors (Lipinski definition) is 6. The van der Waals surface area contributed by atoms with Crippen LogP contribution < -0.4 is 0 Å². The molecule has 7 heteroatoms. The van der Waals surface area contributed by atoms with Crippen molar-refractivity contribution in [2.45, 2.75) is 39.5 Å². The minimum absolute atomic E-state index is 0.0652. The quantitative estimate of drug-likeness (QED) is 0.695. The smallest absolute Gasteiger partial charge is 0.274 e. The zero-order chi connectivity index (χ0) is 19.7. The minimum Gasteiger partial charge on any atom is -0.361 e. The van der Waals surface area contributed by atoms with Crippen LogP contribution in [0.15, 0.2) is 35.2 Å². The molecule has 0 aliphatic carbocycles. The van der Waals surface area contributed by atoms with Gasteiger partial charge in [0, 0.05) is 48.2 Å². The highest BCUT2D eigenvalue weighted by Crippen LogP contribution is 2.30. The fourth-order valence-electron chi connectivity index (χ4n) is 3.76. The Morgan fingerprint density at radius 1 is 1.11 bits per heavy atom. The molecule has 0 N–H and O–H groups in total. The number of carbonyl (C=O) groups is 1. The Kier molecular flexibility index (Phi) is 4.90. The number of rotatable bonds is 3. The molecule has 1 atom stereocenters. The van der Waals surface area contributed by atoms with Gasteiger partial charge in [0.1, 0.15) is 11.5 Å². The Balaban J connectivity index is 1.50. The summed E-state index contributed by atoms with van der Waals surface area (Å²) in [7, 11) is 0. The third-order valence-electron chi connectivity index (χ3n) is 5.24. The van der Waals surface area contributed by atoms with E-state index in [2.05, 4.69) is 26.2 Å². The van der Waals surface area contributed by atoms with E-state index in [4.69, 9.17) is 4.52 Å². The molecule has 4 rings (SSSR count). The van der Waals surface area contributed by atoms with Crippen LogP contribution in [0.5, 0.6) is 0 Å². The molecule has 0 aromatic carbocycles. The molecule has 3 aromatic heterocycles. The van der Waals surface area contributed by atoms with Gasteiger partial charge < -0.3 is 9.42 Å². The van der Waals surface area contributed by atoms with E-state index in [-0.39, 0.29) is 11.8 Å². The molecular weight excluding hydrogens is 354 g/mol. The summed E-state index contributed by atoms with van der Waals surface area (Å²) in [6.07, 6.45) is 7.01. The third kappa shape index (κ3) is 3.52. The monoisotopic (exact) mass is 377 g/mol. The van der Waals surface area contributed by atoms with Crippen LogP contribution in [0, 0.1) is 20.8 Å². The van der Waals surface area contributed by atoms with Crippen molar-refractivity contribution in [1.82, 2.24) is 25.0 Å². The maximum absolute atomic E-state index is 12.8. The Morgan fingerprint density at radius 3 is 2.61 bits per heavy atom. The fourth-order valence-corrected chi connectivity index (χ4v) is 3.76. The molecule has 144 valence electrons. The first-order valence-corrected chi connectivity index (χ1v) is 9.50. The summed E-state index contributed by atoms with van der Waals surface area (Å²) < 4.78 is 5.25. The van der Waals surface area contributed by atoms with Crippen LogP contribution in [0.1, 0.15) is 52.1 Å². The van der Waals surface area contributed by atoms with Crippen LogP contribution in [0.2, 0.25) is 0 Å². The second-order valence-electron chi connectivity index (χ2n) is 7.30. The van der Waals surface area contributed by atoms with Gasteiger partial charge in [-0.15, -0.1) is 0 Å². The van der Waals surface area contributed by atoms with Crippen LogP contribution in [0.4, 0.5) is 0 Å². The van der Waals surface area contributed by atoms with E-state index in [0.717, 1.165) is 53.4 Å². The number of nitrogens with zero attached hydrogens (tertiary/aromatic N) is 5. The summed E-state index contributed by atoms with van der Waals surface area (Å²) in [4.78, 5) is 27.7. The Hall–Kier alpha value is -3.09. The van der Waals surface area contributed by atoms with E-state index < -0.39 is 0 Å².